The summed E-state index contributed by atoms with van der Waals surface area (Å²) in [6, 6.07) is 3.93. The Labute approximate surface area is 175 Å². The van der Waals surface area contributed by atoms with Gasteiger partial charge in [-0.15, -0.1) is 11.8 Å². The van der Waals surface area contributed by atoms with Crippen LogP contribution in [0, 0.1) is 40.5 Å². The van der Waals surface area contributed by atoms with Crippen molar-refractivity contribution < 1.29 is 29.6 Å². The summed E-state index contributed by atoms with van der Waals surface area (Å²) >= 11 is 0.688. The largest absolute Gasteiger partial charge is 0.480 e. The van der Waals surface area contributed by atoms with E-state index < -0.39 is 54.5 Å². The molecule has 0 saturated heterocycles. The van der Waals surface area contributed by atoms with Crippen molar-refractivity contribution >= 4 is 46.2 Å². The van der Waals surface area contributed by atoms with Gasteiger partial charge in [0, 0.05) is 17.9 Å². The second kappa shape index (κ2) is 9.44. The van der Waals surface area contributed by atoms with Crippen LogP contribution in [-0.2, 0) is 4.79 Å². The molecule has 0 spiro atoms. The summed E-state index contributed by atoms with van der Waals surface area (Å²) < 4.78 is 0. The first-order valence-corrected chi connectivity index (χ1v) is 8.97. The number of aliphatic carboxylic acids is 1. The molecule has 0 aromatic heterocycles. The predicted molar refractivity (Wildman–Crippen MR) is 105 cm³/mol. The van der Waals surface area contributed by atoms with Crippen LogP contribution in [-0.4, -0.2) is 42.6 Å². The van der Waals surface area contributed by atoms with E-state index in [0.717, 1.165) is 30.3 Å². The Morgan fingerprint density at radius 1 is 0.871 bits per heavy atom. The average Bonchev–Trinajstić information content (AvgIpc) is 2.70. The molecule has 2 N–H and O–H groups in total. The van der Waals surface area contributed by atoms with Gasteiger partial charge >= 0.3 is 5.97 Å². The molecule has 0 bridgehead atoms. The highest BCUT2D eigenvalue weighted by atomic mass is 32.2. The van der Waals surface area contributed by atoms with E-state index in [1.165, 1.54) is 0 Å². The first-order valence-electron chi connectivity index (χ1n) is 7.99. The van der Waals surface area contributed by atoms with Crippen LogP contribution in [0.4, 0.5) is 28.4 Å². The second-order valence-electron chi connectivity index (χ2n) is 5.73. The first kappa shape index (κ1) is 22.9. The van der Waals surface area contributed by atoms with Gasteiger partial charge in [0.05, 0.1) is 36.7 Å². The lowest BCUT2D eigenvalue weighted by molar-refractivity contribution is -0.396. The van der Waals surface area contributed by atoms with Gasteiger partial charge in [-0.2, -0.15) is 0 Å². The van der Waals surface area contributed by atoms with Crippen molar-refractivity contribution in [3.05, 3.63) is 76.9 Å². The Morgan fingerprint density at radius 2 is 1.39 bits per heavy atom. The number of hydrogen-bond donors (Lipinski definition) is 2. The minimum absolute atomic E-state index is 0.0538. The highest BCUT2D eigenvalue weighted by molar-refractivity contribution is 7.99. The topological polar surface area (TPSA) is 222 Å². The molecule has 2 rings (SSSR count). The molecule has 0 aliphatic rings. The second-order valence-corrected chi connectivity index (χ2v) is 6.79. The Hall–Kier alpha value is -4.34. The van der Waals surface area contributed by atoms with Gasteiger partial charge in [-0.05, 0) is 12.1 Å². The summed E-state index contributed by atoms with van der Waals surface area (Å²) in [5, 5.41) is 55.7. The van der Waals surface area contributed by atoms with Gasteiger partial charge in [0.25, 0.3) is 22.7 Å². The number of non-ortho nitro benzene ring substituents is 2. The van der Waals surface area contributed by atoms with Crippen LogP contribution in [0.25, 0.3) is 0 Å². The van der Waals surface area contributed by atoms with Gasteiger partial charge in [-0.3, -0.25) is 40.5 Å². The minimum atomic E-state index is -1.49. The molecule has 1 unspecified atom stereocenters. The number of nitrogens with zero attached hydrogens (tertiary/aromatic N) is 4. The van der Waals surface area contributed by atoms with Crippen molar-refractivity contribution in [2.24, 2.45) is 0 Å². The molecule has 0 saturated carbocycles. The number of anilines is 1. The third-order valence-corrected chi connectivity index (χ3v) is 4.93. The zero-order valence-electron chi connectivity index (χ0n) is 15.1. The van der Waals surface area contributed by atoms with E-state index in [1.807, 2.05) is 0 Å². The van der Waals surface area contributed by atoms with Gasteiger partial charge in [-0.25, -0.2) is 4.79 Å². The molecule has 2 aromatic carbocycles. The smallest absolute Gasteiger partial charge is 0.327 e. The number of carboxylic acid groups (broad SMARTS) is 1. The van der Waals surface area contributed by atoms with Gasteiger partial charge in [-0.1, -0.05) is 0 Å². The summed E-state index contributed by atoms with van der Waals surface area (Å²) in [6.45, 7) is 0. The number of benzene rings is 2. The van der Waals surface area contributed by atoms with Crippen LogP contribution in [0.1, 0.15) is 0 Å². The van der Waals surface area contributed by atoms with Crippen LogP contribution < -0.4 is 5.32 Å². The quantitative estimate of drug-likeness (QED) is 0.301. The molecule has 15 nitrogen and oxygen atoms in total. The highest BCUT2D eigenvalue weighted by Crippen LogP contribution is 2.34. The third-order valence-electron chi connectivity index (χ3n) is 3.77. The molecule has 0 aliphatic heterocycles. The lowest BCUT2D eigenvalue weighted by atomic mass is 10.2. The zero-order valence-corrected chi connectivity index (χ0v) is 15.9. The molecular weight excluding hydrogens is 442 g/mol. The lowest BCUT2D eigenvalue weighted by Gasteiger charge is -2.15. The maximum absolute atomic E-state index is 11.6. The summed E-state index contributed by atoms with van der Waals surface area (Å²) in [4.78, 5) is 52.0. The van der Waals surface area contributed by atoms with Gasteiger partial charge in [0.15, 0.2) is 0 Å². The fourth-order valence-electron chi connectivity index (χ4n) is 2.33. The number of carboxylic acids is 1. The molecule has 0 fully saturated rings. The van der Waals surface area contributed by atoms with Gasteiger partial charge in [0.1, 0.15) is 11.7 Å². The highest BCUT2D eigenvalue weighted by Gasteiger charge is 2.26. The van der Waals surface area contributed by atoms with Crippen molar-refractivity contribution in [1.82, 2.24) is 0 Å². The molecule has 0 heterocycles. The molecule has 0 amide bonds. The number of hydrogen-bond acceptors (Lipinski definition) is 11. The monoisotopic (exact) mass is 453 g/mol. The van der Waals surface area contributed by atoms with E-state index >= 15 is 0 Å². The first-order chi connectivity index (χ1) is 14.5. The van der Waals surface area contributed by atoms with Crippen LogP contribution in [0.15, 0.2) is 41.3 Å². The number of rotatable bonds is 10. The maximum atomic E-state index is 11.6. The number of thioether (sulfide) groups is 1. The van der Waals surface area contributed by atoms with Crippen LogP contribution in [0.3, 0.4) is 0 Å². The molecule has 2 aromatic rings. The molecular formula is C15H11N5O10S. The van der Waals surface area contributed by atoms with Crippen LogP contribution in [0.2, 0.25) is 0 Å². The normalized spacial score (nSPS) is 11.4. The van der Waals surface area contributed by atoms with Crippen molar-refractivity contribution in [2.75, 3.05) is 11.1 Å². The fraction of sp³-hybridized carbons (Fsp3) is 0.133. The average molecular weight is 453 g/mol. The van der Waals surface area contributed by atoms with Crippen molar-refractivity contribution in [2.45, 2.75) is 10.9 Å². The fourth-order valence-corrected chi connectivity index (χ4v) is 3.34. The number of nitro benzene ring substituents is 4. The van der Waals surface area contributed by atoms with E-state index in [0.29, 0.717) is 17.8 Å². The molecule has 0 aliphatic carbocycles. The Bertz CT molecular complexity index is 1090. The summed E-state index contributed by atoms with van der Waals surface area (Å²) in [5.41, 5.74) is -2.73. The lowest BCUT2D eigenvalue weighted by Crippen LogP contribution is -2.32. The maximum Gasteiger partial charge on any atom is 0.327 e. The Balaban J connectivity index is 2.29. The Morgan fingerprint density at radius 3 is 1.87 bits per heavy atom. The third kappa shape index (κ3) is 5.60. The standard InChI is InChI=1S/C15H11N5O10S/c21-15(22)11(16-10-3-1-8(17(23)24)5-12(10)19(27)28)7-31-14-4-2-9(18(25)26)6-13(14)20(29)30/h1-6,11,16H,7H2,(H,21,22). The summed E-state index contributed by atoms with van der Waals surface area (Å²) in [7, 11) is 0. The number of carbonyl (C=O) groups is 1. The molecule has 1 atom stereocenters. The van der Waals surface area contributed by atoms with E-state index in [4.69, 9.17) is 0 Å². The van der Waals surface area contributed by atoms with E-state index in [2.05, 4.69) is 5.32 Å². The van der Waals surface area contributed by atoms with Gasteiger partial charge in [0.2, 0.25) is 0 Å². The van der Waals surface area contributed by atoms with Crippen LogP contribution >= 0.6 is 11.8 Å². The molecule has 16 heteroatoms. The Kier molecular flexibility index (Phi) is 6.99. The van der Waals surface area contributed by atoms with E-state index in [9.17, 15) is 50.4 Å². The molecule has 162 valence electrons. The number of nitro groups is 4. The van der Waals surface area contributed by atoms with Crippen molar-refractivity contribution in [3.63, 3.8) is 0 Å². The molecule has 31 heavy (non-hydrogen) atoms. The van der Waals surface area contributed by atoms with Crippen LogP contribution in [0.5, 0.6) is 0 Å². The zero-order chi connectivity index (χ0) is 23.3. The van der Waals surface area contributed by atoms with E-state index in [-0.39, 0.29) is 16.3 Å². The minimum Gasteiger partial charge on any atom is -0.480 e. The summed E-state index contributed by atoms with van der Waals surface area (Å²) in [5.74, 6) is -1.81. The van der Waals surface area contributed by atoms with Crippen molar-refractivity contribution in [3.8, 4) is 0 Å². The van der Waals surface area contributed by atoms with Crippen molar-refractivity contribution in [1.29, 1.82) is 0 Å². The van der Waals surface area contributed by atoms with E-state index in [1.54, 1.807) is 0 Å². The SMILES string of the molecule is O=C(O)C(CSc1ccc([N+](=O)[O-])cc1[N+](=O)[O-])Nc1ccc([N+](=O)[O-])cc1[N+](=O)[O-]. The molecule has 0 radical (unpaired) electrons. The number of nitrogens with one attached hydrogen (secondary N) is 1. The summed E-state index contributed by atoms with van der Waals surface area (Å²) in [6.07, 6.45) is 0. The van der Waals surface area contributed by atoms with Gasteiger partial charge < -0.3 is 10.4 Å². The predicted octanol–water partition coefficient (Wildman–Crippen LogP) is 2.98.